The van der Waals surface area contributed by atoms with E-state index in [1.807, 2.05) is 13.8 Å². The molecule has 0 bridgehead atoms. The summed E-state index contributed by atoms with van der Waals surface area (Å²) in [5, 5.41) is 30.2. The Hall–Kier alpha value is -5.11. The van der Waals surface area contributed by atoms with Gasteiger partial charge >= 0.3 is 60.0 Å². The van der Waals surface area contributed by atoms with Gasteiger partial charge in [-0.3, -0.25) is 14.5 Å². The molecule has 344 valence electrons. The number of ether oxygens (including phenoxy) is 5. The molecule has 2 fully saturated rings. The number of carbonyl (C=O) groups excluding carboxylic acids is 3. The van der Waals surface area contributed by atoms with Crippen LogP contribution in [-0.2, 0) is 23.7 Å². The number of nitrogens with one attached hydrogen (secondary N) is 1. The van der Waals surface area contributed by atoms with Gasteiger partial charge in [-0.05, 0) is 54.4 Å². The molecular formula is C40H53F2N10NaO11. The van der Waals surface area contributed by atoms with Crippen LogP contribution in [-0.4, -0.2) is 117 Å². The number of aliphatic hydroxyl groups excluding tert-OH is 2. The Morgan fingerprint density at radius 2 is 1.34 bits per heavy atom. The van der Waals surface area contributed by atoms with Gasteiger partial charge in [0.2, 0.25) is 0 Å². The number of imide groups is 1. The Bertz CT molecular complexity index is 2310. The largest absolute Gasteiger partial charge is 1.00 e. The zero-order valence-corrected chi connectivity index (χ0v) is 38.5. The fourth-order valence-corrected chi connectivity index (χ4v) is 6.55. The smallest absolute Gasteiger partial charge is 0.857 e. The third-order valence-corrected chi connectivity index (χ3v) is 9.46. The molecule has 0 aliphatic carbocycles. The van der Waals surface area contributed by atoms with Crippen molar-refractivity contribution in [1.82, 2.24) is 39.0 Å². The number of fused-ring (bicyclic) bond motifs is 2. The quantitative estimate of drug-likeness (QED) is 0.0927. The van der Waals surface area contributed by atoms with Crippen LogP contribution in [0.3, 0.4) is 0 Å². The molecule has 24 heteroatoms. The molecule has 64 heavy (non-hydrogen) atoms. The van der Waals surface area contributed by atoms with Crippen LogP contribution in [0.1, 0.15) is 94.5 Å². The minimum absolute atomic E-state index is 0. The van der Waals surface area contributed by atoms with E-state index in [-0.39, 0.29) is 83.6 Å². The Balaban J connectivity index is 0.000000418. The van der Waals surface area contributed by atoms with Crippen LogP contribution in [0.4, 0.5) is 34.8 Å². The number of aliphatic hydroxyl groups is 2. The summed E-state index contributed by atoms with van der Waals surface area (Å²) >= 11 is 0. The molecule has 2 aliphatic heterocycles. The van der Waals surface area contributed by atoms with Crippen molar-refractivity contribution in [3.05, 3.63) is 24.8 Å². The molecule has 0 spiro atoms. The van der Waals surface area contributed by atoms with Gasteiger partial charge in [0.25, 0.3) is 0 Å². The van der Waals surface area contributed by atoms with Crippen molar-refractivity contribution in [1.29, 1.82) is 0 Å². The number of carbonyl (C=O) groups is 3. The fraction of sp³-hybridized carbons (Fsp3) is 0.575. The summed E-state index contributed by atoms with van der Waals surface area (Å²) in [6, 6.07) is 0. The number of rotatable bonds is 9. The fourth-order valence-electron chi connectivity index (χ4n) is 6.55. The van der Waals surface area contributed by atoms with Crippen molar-refractivity contribution in [3.8, 4) is 24.7 Å². The third kappa shape index (κ3) is 11.8. The first-order valence-corrected chi connectivity index (χ1v) is 19.3. The van der Waals surface area contributed by atoms with E-state index in [9.17, 15) is 33.4 Å². The van der Waals surface area contributed by atoms with Crippen LogP contribution in [0.25, 0.3) is 22.3 Å². The van der Waals surface area contributed by atoms with E-state index in [2.05, 4.69) is 47.1 Å². The van der Waals surface area contributed by atoms with E-state index >= 15 is 0 Å². The summed E-state index contributed by atoms with van der Waals surface area (Å²) in [7, 11) is 0.750. The van der Waals surface area contributed by atoms with Crippen LogP contribution in [0.15, 0.2) is 12.7 Å². The van der Waals surface area contributed by atoms with E-state index < -0.39 is 84.8 Å². The SMILES string of the molecule is C.C#C[C@]1(CC)O[C@@H](n2cnc3c(N(C(=O)OC(C)C)C(=O)OC(C)C)nc(F)nc32)C[C@@H]1C.C#C[C@]1(CO)O[C@@H](n2cnc3c(NC(=O)OC(C)C)nc(F)nc32)C[C@@H]1O.C[O-].[Na+]. The number of imidazole rings is 2. The average molecular weight is 911 g/mol. The first kappa shape index (κ1) is 55.0. The molecule has 0 unspecified atom stereocenters. The van der Waals surface area contributed by atoms with Gasteiger partial charge in [0, 0.05) is 12.3 Å². The van der Waals surface area contributed by atoms with Gasteiger partial charge < -0.3 is 39.0 Å². The summed E-state index contributed by atoms with van der Waals surface area (Å²) in [5.74, 6) is 4.44. The van der Waals surface area contributed by atoms with E-state index in [4.69, 9.17) is 41.6 Å². The molecule has 0 radical (unpaired) electrons. The second-order valence-electron chi connectivity index (χ2n) is 14.7. The standard InChI is InChI=1S/C22H28FN5O5.C16H18FN5O5.CH3O.CH4.Na/c1-8-22(9-2)14(7)10-15(33-22)27-11-24-16-17(27)25-19(23)26-18(16)28(20(29)31-12(3)4)21(30)32-13(5)6;1-4-16(6-23)9(24)5-10(27-16)22-7-18-11-12(19-14(17)21-13(11)22)20-15(25)26-8(2)3;1-2;;/h1,11-15H,9-10H2,2-7H3;1,7-10,23-24H,5-6H2,2-3H3,(H,19,20,21,25);1H3;1H4;/q;;-1;;+1/t14-,15+,22+;9-,10+,16+;;;/m00.../s1. The van der Waals surface area contributed by atoms with Crippen LogP contribution in [0.5, 0.6) is 0 Å². The Kier molecular flexibility index (Phi) is 19.9. The normalized spacial score (nSPS) is 22.2. The van der Waals surface area contributed by atoms with Crippen LogP contribution in [0.2, 0.25) is 0 Å². The van der Waals surface area contributed by atoms with Gasteiger partial charge in [-0.1, -0.05) is 33.1 Å². The van der Waals surface area contributed by atoms with Crippen molar-refractivity contribution in [2.45, 2.75) is 130 Å². The molecule has 6 heterocycles. The van der Waals surface area contributed by atoms with Gasteiger partial charge in [0.15, 0.2) is 39.6 Å². The number of nitrogens with zero attached hydrogens (tertiary/aromatic N) is 9. The van der Waals surface area contributed by atoms with E-state index in [0.29, 0.717) is 17.7 Å². The maximum atomic E-state index is 14.5. The van der Waals surface area contributed by atoms with E-state index in [1.165, 1.54) is 21.8 Å². The molecular weight excluding hydrogens is 857 g/mol. The number of anilines is 2. The molecule has 4 aromatic heterocycles. The predicted octanol–water partition coefficient (Wildman–Crippen LogP) is 1.38. The molecule has 0 saturated carbocycles. The van der Waals surface area contributed by atoms with E-state index in [1.54, 1.807) is 41.5 Å². The molecule has 6 rings (SSSR count). The zero-order valence-electron chi connectivity index (χ0n) is 36.5. The van der Waals surface area contributed by atoms with Gasteiger partial charge in [0.1, 0.15) is 24.2 Å². The Morgan fingerprint density at radius 3 is 1.80 bits per heavy atom. The van der Waals surface area contributed by atoms with Crippen LogP contribution < -0.4 is 44.9 Å². The molecule has 4 aromatic rings. The summed E-state index contributed by atoms with van der Waals surface area (Å²) in [5.41, 5.74) is -2.19. The van der Waals surface area contributed by atoms with Crippen molar-refractivity contribution >= 4 is 52.2 Å². The number of amides is 3. The maximum Gasteiger partial charge on any atom is 1.00 e. The van der Waals surface area contributed by atoms with E-state index in [0.717, 1.165) is 7.11 Å². The van der Waals surface area contributed by atoms with Gasteiger partial charge in [0.05, 0.1) is 37.6 Å². The van der Waals surface area contributed by atoms with Gasteiger partial charge in [-0.2, -0.15) is 40.7 Å². The Labute approximate surface area is 390 Å². The topological polar surface area (TPSA) is 263 Å². The second kappa shape index (κ2) is 23.2. The minimum Gasteiger partial charge on any atom is -0.857 e. The van der Waals surface area contributed by atoms with Crippen LogP contribution >= 0.6 is 0 Å². The average Bonchev–Trinajstić information content (AvgIpc) is 3.98. The number of halogens is 2. The van der Waals surface area contributed by atoms with Crippen molar-refractivity contribution in [2.24, 2.45) is 5.92 Å². The van der Waals surface area contributed by atoms with Crippen molar-refractivity contribution in [3.63, 3.8) is 0 Å². The number of aromatic nitrogens is 8. The molecule has 6 atom stereocenters. The number of hydrogen-bond donors (Lipinski definition) is 3. The molecule has 2 aliphatic rings. The third-order valence-electron chi connectivity index (χ3n) is 9.46. The molecule has 2 saturated heterocycles. The summed E-state index contributed by atoms with van der Waals surface area (Å²) in [6.45, 7) is 13.1. The summed E-state index contributed by atoms with van der Waals surface area (Å²) in [4.78, 5) is 60.9. The maximum absolute atomic E-state index is 14.5. The predicted molar refractivity (Wildman–Crippen MR) is 219 cm³/mol. The monoisotopic (exact) mass is 910 g/mol. The van der Waals surface area contributed by atoms with Gasteiger partial charge in [-0.15, -0.1) is 12.8 Å². The molecule has 0 aromatic carbocycles. The van der Waals surface area contributed by atoms with Crippen molar-refractivity contribution < 1.29 is 91.7 Å². The Morgan fingerprint density at radius 1 is 0.875 bits per heavy atom. The van der Waals surface area contributed by atoms with Crippen molar-refractivity contribution in [2.75, 3.05) is 23.9 Å². The number of terminal acetylenes is 2. The molecule has 3 N–H and O–H groups in total. The molecule has 21 nitrogen and oxygen atoms in total. The second-order valence-corrected chi connectivity index (χ2v) is 14.7. The first-order chi connectivity index (χ1) is 29.3. The number of hydrogen-bond acceptors (Lipinski definition) is 17. The minimum atomic E-state index is -1.57. The van der Waals surface area contributed by atoms with Crippen LogP contribution in [0, 0.1) is 42.8 Å². The zero-order chi connectivity index (χ0) is 46.3. The first-order valence-electron chi connectivity index (χ1n) is 19.3. The summed E-state index contributed by atoms with van der Waals surface area (Å²) < 4.78 is 58.3. The van der Waals surface area contributed by atoms with Gasteiger partial charge in [-0.25, -0.2) is 24.4 Å². The molecule has 3 amide bonds. The summed E-state index contributed by atoms with van der Waals surface area (Å²) in [6.07, 6.45) is 5.68.